The van der Waals surface area contributed by atoms with Gasteiger partial charge in [-0.2, -0.15) is 0 Å². The Labute approximate surface area is 85.2 Å². The molecule has 14 heavy (non-hydrogen) atoms. The van der Waals surface area contributed by atoms with Gasteiger partial charge in [0.15, 0.2) is 0 Å². The van der Waals surface area contributed by atoms with Crippen molar-refractivity contribution in [3.05, 3.63) is 0 Å². The summed E-state index contributed by atoms with van der Waals surface area (Å²) in [6.07, 6.45) is 2.70. The zero-order valence-electron chi connectivity index (χ0n) is 8.99. The van der Waals surface area contributed by atoms with Gasteiger partial charge in [-0.1, -0.05) is 0 Å². The van der Waals surface area contributed by atoms with Gasteiger partial charge in [0, 0.05) is 13.1 Å². The molecule has 2 atom stereocenters. The highest BCUT2D eigenvalue weighted by Crippen LogP contribution is 2.20. The molecule has 4 nitrogen and oxygen atoms in total. The van der Waals surface area contributed by atoms with Gasteiger partial charge in [0.05, 0.1) is 12.2 Å². The van der Waals surface area contributed by atoms with Crippen LogP contribution in [0.5, 0.6) is 0 Å². The molecular weight excluding hydrogens is 178 g/mol. The molecular formula is C10H19N3O. The summed E-state index contributed by atoms with van der Waals surface area (Å²) in [4.78, 5) is 16.2. The van der Waals surface area contributed by atoms with Crippen LogP contribution >= 0.6 is 0 Å². The summed E-state index contributed by atoms with van der Waals surface area (Å²) in [6, 6.07) is -0.00208. The van der Waals surface area contributed by atoms with Crippen LogP contribution in [0.15, 0.2) is 0 Å². The van der Waals surface area contributed by atoms with Crippen LogP contribution in [0.4, 0.5) is 0 Å². The lowest BCUT2D eigenvalue weighted by molar-refractivity contribution is -0.140. The summed E-state index contributed by atoms with van der Waals surface area (Å²) in [5, 5.41) is 3.19. The number of rotatable bonds is 1. The summed E-state index contributed by atoms with van der Waals surface area (Å²) in [5.41, 5.74) is 0. The maximum atomic E-state index is 11.9. The Balaban J connectivity index is 2.05. The first-order valence-electron chi connectivity index (χ1n) is 5.44. The van der Waals surface area contributed by atoms with Gasteiger partial charge in [-0.15, -0.1) is 0 Å². The largest absolute Gasteiger partial charge is 0.324 e. The van der Waals surface area contributed by atoms with Crippen LogP contribution in [-0.2, 0) is 4.79 Å². The second-order valence-corrected chi connectivity index (χ2v) is 4.31. The van der Waals surface area contributed by atoms with E-state index in [1.165, 1.54) is 6.42 Å². The molecule has 0 aromatic heterocycles. The molecule has 0 aromatic rings. The molecule has 1 amide bonds. The molecule has 0 saturated carbocycles. The van der Waals surface area contributed by atoms with E-state index in [0.717, 1.165) is 26.1 Å². The Kier molecular flexibility index (Phi) is 2.74. The summed E-state index contributed by atoms with van der Waals surface area (Å²) < 4.78 is 0. The van der Waals surface area contributed by atoms with Crippen molar-refractivity contribution >= 4 is 5.91 Å². The predicted molar refractivity (Wildman–Crippen MR) is 54.8 cm³/mol. The van der Waals surface area contributed by atoms with E-state index < -0.39 is 0 Å². The molecule has 2 aliphatic rings. The SMILES string of the molecule is CC1NCCN(C2CCCN2C)C1=O. The van der Waals surface area contributed by atoms with Crippen LogP contribution in [0.3, 0.4) is 0 Å². The van der Waals surface area contributed by atoms with Crippen LogP contribution in [0.25, 0.3) is 0 Å². The first kappa shape index (κ1) is 9.93. The van der Waals surface area contributed by atoms with Gasteiger partial charge < -0.3 is 10.2 Å². The smallest absolute Gasteiger partial charge is 0.240 e. The van der Waals surface area contributed by atoms with Gasteiger partial charge in [0.25, 0.3) is 0 Å². The normalized spacial score (nSPS) is 35.3. The Morgan fingerprint density at radius 1 is 1.43 bits per heavy atom. The quantitative estimate of drug-likeness (QED) is 0.635. The average molecular weight is 197 g/mol. The molecule has 2 rings (SSSR count). The minimum atomic E-state index is -0.00208. The third-order valence-corrected chi connectivity index (χ3v) is 3.30. The number of nitrogens with one attached hydrogen (secondary N) is 1. The minimum Gasteiger partial charge on any atom is -0.324 e. The lowest BCUT2D eigenvalue weighted by Crippen LogP contribution is -2.59. The van der Waals surface area contributed by atoms with Crippen molar-refractivity contribution in [3.63, 3.8) is 0 Å². The van der Waals surface area contributed by atoms with Crippen molar-refractivity contribution in [2.24, 2.45) is 0 Å². The number of piperazine rings is 1. The highest BCUT2D eigenvalue weighted by atomic mass is 16.2. The Bertz CT molecular complexity index is 231. The zero-order valence-corrected chi connectivity index (χ0v) is 8.99. The molecule has 1 N–H and O–H groups in total. The van der Waals surface area contributed by atoms with Gasteiger partial charge in [0.2, 0.25) is 5.91 Å². The van der Waals surface area contributed by atoms with Gasteiger partial charge >= 0.3 is 0 Å². The number of amides is 1. The second kappa shape index (κ2) is 3.87. The summed E-state index contributed by atoms with van der Waals surface area (Å²) in [7, 11) is 2.11. The topological polar surface area (TPSA) is 35.6 Å². The van der Waals surface area contributed by atoms with Gasteiger partial charge in [0.1, 0.15) is 0 Å². The molecule has 0 aromatic carbocycles. The molecule has 4 heteroatoms. The highest BCUT2D eigenvalue weighted by molar-refractivity contribution is 5.82. The number of nitrogens with zero attached hydrogens (tertiary/aromatic N) is 2. The second-order valence-electron chi connectivity index (χ2n) is 4.31. The van der Waals surface area contributed by atoms with Crippen molar-refractivity contribution in [1.82, 2.24) is 15.1 Å². The first-order valence-corrected chi connectivity index (χ1v) is 5.44. The third kappa shape index (κ3) is 1.64. The molecule has 2 unspecified atom stereocenters. The number of likely N-dealkylation sites (tertiary alicyclic amines) is 1. The summed E-state index contributed by atoms with van der Waals surface area (Å²) >= 11 is 0. The molecule has 2 heterocycles. The van der Waals surface area contributed by atoms with E-state index >= 15 is 0 Å². The first-order chi connectivity index (χ1) is 6.70. The molecule has 80 valence electrons. The van der Waals surface area contributed by atoms with Crippen molar-refractivity contribution in [1.29, 1.82) is 0 Å². The summed E-state index contributed by atoms with van der Waals surface area (Å²) in [6.45, 7) is 4.86. The van der Waals surface area contributed by atoms with Crippen LogP contribution in [-0.4, -0.2) is 54.6 Å². The van der Waals surface area contributed by atoms with Crippen molar-refractivity contribution in [2.45, 2.75) is 32.0 Å². The van der Waals surface area contributed by atoms with Crippen molar-refractivity contribution in [2.75, 3.05) is 26.7 Å². The number of carbonyl (C=O) groups is 1. The van der Waals surface area contributed by atoms with Gasteiger partial charge in [-0.05, 0) is 33.4 Å². The summed E-state index contributed by atoms with van der Waals surface area (Å²) in [5.74, 6) is 0.259. The molecule has 0 radical (unpaired) electrons. The Morgan fingerprint density at radius 2 is 2.21 bits per heavy atom. The lowest BCUT2D eigenvalue weighted by Gasteiger charge is -2.38. The van der Waals surface area contributed by atoms with Crippen LogP contribution in [0, 0.1) is 0 Å². The molecule has 0 spiro atoms. The van der Waals surface area contributed by atoms with E-state index in [1.807, 2.05) is 11.8 Å². The van der Waals surface area contributed by atoms with Crippen LogP contribution in [0.1, 0.15) is 19.8 Å². The fourth-order valence-corrected chi connectivity index (χ4v) is 2.43. The van der Waals surface area contributed by atoms with E-state index in [4.69, 9.17) is 0 Å². The predicted octanol–water partition coefficient (Wildman–Crippen LogP) is -0.142. The highest BCUT2D eigenvalue weighted by Gasteiger charge is 2.34. The van der Waals surface area contributed by atoms with Crippen LogP contribution in [0.2, 0.25) is 0 Å². The van der Waals surface area contributed by atoms with Gasteiger partial charge in [-0.3, -0.25) is 9.69 Å². The zero-order chi connectivity index (χ0) is 10.1. The van der Waals surface area contributed by atoms with E-state index in [9.17, 15) is 4.79 Å². The molecule has 0 bridgehead atoms. The van der Waals surface area contributed by atoms with Crippen LogP contribution < -0.4 is 5.32 Å². The minimum absolute atomic E-state index is 0.00208. The van der Waals surface area contributed by atoms with Crippen molar-refractivity contribution < 1.29 is 4.79 Å². The number of carbonyl (C=O) groups excluding carboxylic acids is 1. The number of hydrogen-bond donors (Lipinski definition) is 1. The van der Waals surface area contributed by atoms with E-state index in [2.05, 4.69) is 17.3 Å². The average Bonchev–Trinajstić information content (AvgIpc) is 2.57. The van der Waals surface area contributed by atoms with E-state index in [1.54, 1.807) is 0 Å². The molecule has 2 saturated heterocycles. The maximum absolute atomic E-state index is 11.9. The Hall–Kier alpha value is -0.610. The fourth-order valence-electron chi connectivity index (χ4n) is 2.43. The third-order valence-electron chi connectivity index (χ3n) is 3.30. The maximum Gasteiger partial charge on any atom is 0.240 e. The molecule has 0 aliphatic carbocycles. The Morgan fingerprint density at radius 3 is 2.86 bits per heavy atom. The number of hydrogen-bond acceptors (Lipinski definition) is 3. The molecule has 2 fully saturated rings. The van der Waals surface area contributed by atoms with Crippen molar-refractivity contribution in [3.8, 4) is 0 Å². The fraction of sp³-hybridized carbons (Fsp3) is 0.900. The monoisotopic (exact) mass is 197 g/mol. The lowest BCUT2D eigenvalue weighted by atomic mass is 10.2. The van der Waals surface area contributed by atoms with E-state index in [0.29, 0.717) is 6.17 Å². The van der Waals surface area contributed by atoms with Gasteiger partial charge in [-0.25, -0.2) is 0 Å². The molecule has 2 aliphatic heterocycles. The van der Waals surface area contributed by atoms with E-state index in [-0.39, 0.29) is 11.9 Å². The standard InChI is InChI=1S/C10H19N3O/c1-8-10(14)13(7-5-11-8)9-4-3-6-12(9)2/h8-9,11H,3-7H2,1-2H3.